The summed E-state index contributed by atoms with van der Waals surface area (Å²) in [5.74, 6) is 2.45. The van der Waals surface area contributed by atoms with Crippen LogP contribution in [-0.4, -0.2) is 48.3 Å². The number of rotatable bonds is 9. The van der Waals surface area contributed by atoms with Crippen molar-refractivity contribution in [3.8, 4) is 22.9 Å². The van der Waals surface area contributed by atoms with Gasteiger partial charge < -0.3 is 18.9 Å². The molecular weight excluding hydrogens is 382 g/mol. The van der Waals surface area contributed by atoms with Crippen molar-refractivity contribution >= 4 is 5.91 Å². The van der Waals surface area contributed by atoms with Crippen LogP contribution in [0.1, 0.15) is 23.9 Å². The van der Waals surface area contributed by atoms with Gasteiger partial charge in [-0.1, -0.05) is 41.1 Å². The number of carbonyl (C=O) groups is 1. The lowest BCUT2D eigenvalue weighted by Gasteiger charge is -2.20. The summed E-state index contributed by atoms with van der Waals surface area (Å²) in [5, 5.41) is 4.05. The molecule has 0 atom stereocenters. The fourth-order valence-corrected chi connectivity index (χ4v) is 3.13. The molecule has 1 amide bonds. The van der Waals surface area contributed by atoms with E-state index in [4.69, 9.17) is 14.0 Å². The van der Waals surface area contributed by atoms with Gasteiger partial charge in [0.2, 0.25) is 17.6 Å². The molecule has 7 nitrogen and oxygen atoms in total. The Balaban J connectivity index is 1.59. The minimum absolute atomic E-state index is 0.00810. The number of methoxy groups -OCH3 is 2. The standard InChI is InChI=1S/C23H27N3O4/c1-16-5-8-19(9-6-16)23-24-22(30-25-23)12-14-26(17(2)27)13-11-18-7-10-20(28-3)21(15-18)29-4/h5-10,15H,11-14H2,1-4H3. The molecule has 0 saturated carbocycles. The fourth-order valence-electron chi connectivity index (χ4n) is 3.13. The highest BCUT2D eigenvalue weighted by atomic mass is 16.5. The minimum Gasteiger partial charge on any atom is -0.493 e. The SMILES string of the molecule is COc1ccc(CCN(CCc2nc(-c3ccc(C)cc3)no2)C(C)=O)cc1OC. The highest BCUT2D eigenvalue weighted by molar-refractivity contribution is 5.73. The van der Waals surface area contributed by atoms with Crippen LogP contribution in [0, 0.1) is 6.92 Å². The van der Waals surface area contributed by atoms with E-state index in [0.717, 1.165) is 11.1 Å². The molecule has 158 valence electrons. The number of benzene rings is 2. The van der Waals surface area contributed by atoms with E-state index in [1.807, 2.05) is 49.4 Å². The summed E-state index contributed by atoms with van der Waals surface area (Å²) in [6, 6.07) is 13.7. The van der Waals surface area contributed by atoms with Gasteiger partial charge in [-0.05, 0) is 31.0 Å². The number of aromatic nitrogens is 2. The predicted molar refractivity (Wildman–Crippen MR) is 114 cm³/mol. The van der Waals surface area contributed by atoms with Crippen LogP contribution >= 0.6 is 0 Å². The van der Waals surface area contributed by atoms with E-state index < -0.39 is 0 Å². The lowest BCUT2D eigenvalue weighted by atomic mass is 10.1. The average molecular weight is 409 g/mol. The largest absolute Gasteiger partial charge is 0.493 e. The number of carbonyl (C=O) groups excluding carboxylic acids is 1. The van der Waals surface area contributed by atoms with Crippen molar-refractivity contribution in [2.45, 2.75) is 26.7 Å². The van der Waals surface area contributed by atoms with Crippen molar-refractivity contribution in [2.75, 3.05) is 27.3 Å². The van der Waals surface area contributed by atoms with Gasteiger partial charge in [-0.3, -0.25) is 4.79 Å². The summed E-state index contributed by atoms with van der Waals surface area (Å²) in [6.07, 6.45) is 1.21. The highest BCUT2D eigenvalue weighted by Gasteiger charge is 2.14. The molecule has 30 heavy (non-hydrogen) atoms. The molecule has 7 heteroatoms. The van der Waals surface area contributed by atoms with Gasteiger partial charge in [0.25, 0.3) is 0 Å². The zero-order valence-electron chi connectivity index (χ0n) is 17.8. The van der Waals surface area contributed by atoms with E-state index in [9.17, 15) is 4.79 Å². The summed E-state index contributed by atoms with van der Waals surface area (Å²) >= 11 is 0. The summed E-state index contributed by atoms with van der Waals surface area (Å²) in [7, 11) is 3.22. The number of aryl methyl sites for hydroxylation is 1. The van der Waals surface area contributed by atoms with Crippen molar-refractivity contribution in [2.24, 2.45) is 0 Å². The van der Waals surface area contributed by atoms with E-state index in [2.05, 4.69) is 10.1 Å². The van der Waals surface area contributed by atoms with Crippen molar-refractivity contribution in [1.82, 2.24) is 15.0 Å². The van der Waals surface area contributed by atoms with Crippen LogP contribution in [0.2, 0.25) is 0 Å². The molecule has 2 aromatic carbocycles. The first kappa shape index (κ1) is 21.4. The van der Waals surface area contributed by atoms with E-state index >= 15 is 0 Å². The fraction of sp³-hybridized carbons (Fsp3) is 0.348. The monoisotopic (exact) mass is 409 g/mol. The first-order valence-corrected chi connectivity index (χ1v) is 9.86. The number of hydrogen-bond donors (Lipinski definition) is 0. The van der Waals surface area contributed by atoms with Crippen molar-refractivity contribution in [3.63, 3.8) is 0 Å². The second kappa shape index (κ2) is 9.91. The Morgan fingerprint density at radius 3 is 2.37 bits per heavy atom. The third kappa shape index (κ3) is 5.37. The van der Waals surface area contributed by atoms with Gasteiger partial charge in [0.15, 0.2) is 11.5 Å². The predicted octanol–water partition coefficient (Wildman–Crippen LogP) is 3.70. The lowest BCUT2D eigenvalue weighted by molar-refractivity contribution is -0.128. The summed E-state index contributed by atoms with van der Waals surface area (Å²) in [6.45, 7) is 4.70. The maximum Gasteiger partial charge on any atom is 0.228 e. The van der Waals surface area contributed by atoms with E-state index in [1.165, 1.54) is 5.56 Å². The smallest absolute Gasteiger partial charge is 0.228 e. The molecule has 3 rings (SSSR count). The van der Waals surface area contributed by atoms with Gasteiger partial charge in [-0.15, -0.1) is 0 Å². The Bertz CT molecular complexity index is 982. The summed E-state index contributed by atoms with van der Waals surface area (Å²) in [4.78, 5) is 18.3. The second-order valence-corrected chi connectivity index (χ2v) is 7.07. The summed E-state index contributed by atoms with van der Waals surface area (Å²) in [5.41, 5.74) is 3.15. The Kier molecular flexibility index (Phi) is 7.06. The van der Waals surface area contributed by atoms with Crippen LogP contribution in [0.25, 0.3) is 11.4 Å². The maximum atomic E-state index is 12.1. The van der Waals surface area contributed by atoms with Gasteiger partial charge in [-0.25, -0.2) is 0 Å². The van der Waals surface area contributed by atoms with E-state index in [0.29, 0.717) is 49.1 Å². The molecule has 0 radical (unpaired) electrons. The molecule has 0 fully saturated rings. The zero-order valence-corrected chi connectivity index (χ0v) is 17.8. The Morgan fingerprint density at radius 2 is 1.70 bits per heavy atom. The third-order valence-electron chi connectivity index (χ3n) is 4.94. The normalized spacial score (nSPS) is 10.7. The molecule has 0 bridgehead atoms. The van der Waals surface area contributed by atoms with Crippen LogP contribution in [0.4, 0.5) is 0 Å². The maximum absolute atomic E-state index is 12.1. The van der Waals surface area contributed by atoms with Gasteiger partial charge in [0.05, 0.1) is 14.2 Å². The van der Waals surface area contributed by atoms with Crippen LogP contribution in [0.15, 0.2) is 47.0 Å². The lowest BCUT2D eigenvalue weighted by Crippen LogP contribution is -2.32. The summed E-state index contributed by atoms with van der Waals surface area (Å²) < 4.78 is 16.0. The van der Waals surface area contributed by atoms with Gasteiger partial charge in [-0.2, -0.15) is 4.98 Å². The average Bonchev–Trinajstić information content (AvgIpc) is 3.22. The molecule has 0 aliphatic carbocycles. The van der Waals surface area contributed by atoms with Crippen LogP contribution in [-0.2, 0) is 17.6 Å². The Hall–Kier alpha value is -3.35. The molecule has 0 saturated heterocycles. The van der Waals surface area contributed by atoms with Crippen molar-refractivity contribution in [3.05, 3.63) is 59.5 Å². The van der Waals surface area contributed by atoms with Gasteiger partial charge >= 0.3 is 0 Å². The minimum atomic E-state index is 0.00810. The van der Waals surface area contributed by atoms with Crippen molar-refractivity contribution in [1.29, 1.82) is 0 Å². The first-order valence-electron chi connectivity index (χ1n) is 9.86. The zero-order chi connectivity index (χ0) is 21.5. The molecule has 0 N–H and O–H groups in total. The molecular formula is C23H27N3O4. The molecule has 0 aliphatic rings. The first-order chi connectivity index (χ1) is 14.5. The van der Waals surface area contributed by atoms with E-state index in [1.54, 1.807) is 26.0 Å². The number of amides is 1. The molecule has 0 unspecified atom stereocenters. The Labute approximate surface area is 176 Å². The van der Waals surface area contributed by atoms with Crippen LogP contribution in [0.5, 0.6) is 11.5 Å². The topological polar surface area (TPSA) is 77.7 Å². The Morgan fingerprint density at radius 1 is 1.00 bits per heavy atom. The van der Waals surface area contributed by atoms with Crippen LogP contribution in [0.3, 0.4) is 0 Å². The van der Waals surface area contributed by atoms with Gasteiger partial charge in [0.1, 0.15) is 0 Å². The molecule has 1 aromatic heterocycles. The number of nitrogens with zero attached hydrogens (tertiary/aromatic N) is 3. The van der Waals surface area contributed by atoms with E-state index in [-0.39, 0.29) is 5.91 Å². The van der Waals surface area contributed by atoms with Crippen LogP contribution < -0.4 is 9.47 Å². The molecule has 0 spiro atoms. The van der Waals surface area contributed by atoms with Crippen molar-refractivity contribution < 1.29 is 18.8 Å². The number of hydrogen-bond acceptors (Lipinski definition) is 6. The third-order valence-corrected chi connectivity index (χ3v) is 4.94. The second-order valence-electron chi connectivity index (χ2n) is 7.07. The molecule has 1 heterocycles. The number of ether oxygens (including phenoxy) is 2. The molecule has 0 aliphatic heterocycles. The van der Waals surface area contributed by atoms with Gasteiger partial charge in [0, 0.05) is 32.0 Å². The highest BCUT2D eigenvalue weighted by Crippen LogP contribution is 2.27. The quantitative estimate of drug-likeness (QED) is 0.536. The molecule has 3 aromatic rings.